The second kappa shape index (κ2) is 9.27. The Bertz CT molecular complexity index is 1010. The molecule has 1 aliphatic heterocycles. The molecule has 3 aromatic carbocycles. The lowest BCUT2D eigenvalue weighted by molar-refractivity contribution is -0.166. The predicted octanol–water partition coefficient (Wildman–Crippen LogP) is 5.80. The molecule has 0 spiro atoms. The van der Waals surface area contributed by atoms with Crippen LogP contribution in [0.4, 0.5) is 0 Å². The van der Waals surface area contributed by atoms with Gasteiger partial charge in [0.15, 0.2) is 0 Å². The van der Waals surface area contributed by atoms with E-state index >= 15 is 0 Å². The Morgan fingerprint density at radius 2 is 1.67 bits per heavy atom. The van der Waals surface area contributed by atoms with E-state index in [9.17, 15) is 4.79 Å². The molecule has 1 aliphatic rings. The standard InChI is InChI=1S/C27H29NO2/c1-2-26(29)30-27(24-14-4-3-5-15-24)17-20-28(21-18-27)19-9-13-23-12-8-11-22-10-6-7-16-25(22)23/h3-16H,2,17-21H2,1H3/b13-9+. The maximum Gasteiger partial charge on any atom is 0.306 e. The fourth-order valence-corrected chi connectivity index (χ4v) is 4.30. The van der Waals surface area contributed by atoms with Gasteiger partial charge in [-0.3, -0.25) is 9.69 Å². The highest BCUT2D eigenvalue weighted by molar-refractivity contribution is 5.90. The van der Waals surface area contributed by atoms with Crippen molar-refractivity contribution in [1.29, 1.82) is 0 Å². The third-order valence-corrected chi connectivity index (χ3v) is 6.05. The summed E-state index contributed by atoms with van der Waals surface area (Å²) in [5, 5.41) is 2.55. The number of ether oxygens (including phenoxy) is 1. The van der Waals surface area contributed by atoms with E-state index in [0.29, 0.717) is 6.42 Å². The maximum atomic E-state index is 12.1. The van der Waals surface area contributed by atoms with E-state index < -0.39 is 5.60 Å². The Morgan fingerprint density at radius 1 is 0.967 bits per heavy atom. The molecule has 1 saturated heterocycles. The van der Waals surface area contributed by atoms with Gasteiger partial charge in [-0.05, 0) is 21.9 Å². The summed E-state index contributed by atoms with van der Waals surface area (Å²) in [7, 11) is 0. The van der Waals surface area contributed by atoms with E-state index in [0.717, 1.165) is 38.0 Å². The molecular formula is C27H29NO2. The van der Waals surface area contributed by atoms with Crippen LogP contribution in [0.1, 0.15) is 37.3 Å². The van der Waals surface area contributed by atoms with Crippen LogP contribution >= 0.6 is 0 Å². The molecule has 0 atom stereocenters. The Labute approximate surface area is 179 Å². The summed E-state index contributed by atoms with van der Waals surface area (Å²) >= 11 is 0. The summed E-state index contributed by atoms with van der Waals surface area (Å²) in [6.45, 7) is 4.57. The van der Waals surface area contributed by atoms with Crippen molar-refractivity contribution in [3.8, 4) is 0 Å². The van der Waals surface area contributed by atoms with Crippen molar-refractivity contribution >= 4 is 22.8 Å². The van der Waals surface area contributed by atoms with E-state index in [2.05, 4.69) is 71.6 Å². The molecule has 1 fully saturated rings. The molecule has 0 N–H and O–H groups in total. The Kier molecular flexibility index (Phi) is 6.29. The molecule has 3 nitrogen and oxygen atoms in total. The zero-order chi connectivity index (χ0) is 20.8. The second-order valence-corrected chi connectivity index (χ2v) is 7.96. The molecule has 154 valence electrons. The van der Waals surface area contributed by atoms with Gasteiger partial charge in [0.05, 0.1) is 0 Å². The topological polar surface area (TPSA) is 29.5 Å². The van der Waals surface area contributed by atoms with Gasteiger partial charge in [-0.25, -0.2) is 0 Å². The van der Waals surface area contributed by atoms with Crippen molar-refractivity contribution in [2.24, 2.45) is 0 Å². The highest BCUT2D eigenvalue weighted by Crippen LogP contribution is 2.37. The highest BCUT2D eigenvalue weighted by Gasteiger charge is 2.39. The van der Waals surface area contributed by atoms with Crippen LogP contribution in [0.15, 0.2) is 78.9 Å². The quantitative estimate of drug-likeness (QED) is 0.491. The number of hydrogen-bond donors (Lipinski definition) is 0. The summed E-state index contributed by atoms with van der Waals surface area (Å²) in [6, 6.07) is 25.1. The molecule has 0 radical (unpaired) electrons. The number of nitrogens with zero attached hydrogens (tertiary/aromatic N) is 1. The number of esters is 1. The van der Waals surface area contributed by atoms with Gasteiger partial charge >= 0.3 is 5.97 Å². The van der Waals surface area contributed by atoms with Crippen LogP contribution in [-0.4, -0.2) is 30.5 Å². The Morgan fingerprint density at radius 3 is 2.43 bits per heavy atom. The van der Waals surface area contributed by atoms with Crippen LogP contribution in [0, 0.1) is 0 Å². The van der Waals surface area contributed by atoms with Crippen LogP contribution in [0.3, 0.4) is 0 Å². The average molecular weight is 400 g/mol. The first-order valence-electron chi connectivity index (χ1n) is 10.8. The molecule has 1 heterocycles. The normalized spacial score (nSPS) is 16.7. The molecule has 30 heavy (non-hydrogen) atoms. The average Bonchev–Trinajstić information content (AvgIpc) is 2.81. The van der Waals surface area contributed by atoms with Gasteiger partial charge in [0.25, 0.3) is 0 Å². The van der Waals surface area contributed by atoms with Gasteiger partial charge in [-0.2, -0.15) is 0 Å². The lowest BCUT2D eigenvalue weighted by atomic mass is 9.84. The van der Waals surface area contributed by atoms with Crippen LogP contribution in [0.25, 0.3) is 16.8 Å². The lowest BCUT2D eigenvalue weighted by Crippen LogP contribution is -2.45. The number of fused-ring (bicyclic) bond motifs is 1. The maximum absolute atomic E-state index is 12.1. The summed E-state index contributed by atoms with van der Waals surface area (Å²) < 4.78 is 6.00. The summed E-state index contributed by atoms with van der Waals surface area (Å²) in [5.74, 6) is -0.122. The number of benzene rings is 3. The fourth-order valence-electron chi connectivity index (χ4n) is 4.30. The van der Waals surface area contributed by atoms with Gasteiger partial charge in [0.2, 0.25) is 0 Å². The predicted molar refractivity (Wildman–Crippen MR) is 123 cm³/mol. The first-order valence-corrected chi connectivity index (χ1v) is 10.8. The van der Waals surface area contributed by atoms with Crippen LogP contribution in [0.5, 0.6) is 0 Å². The van der Waals surface area contributed by atoms with Crippen LogP contribution in [0.2, 0.25) is 0 Å². The molecule has 4 rings (SSSR count). The van der Waals surface area contributed by atoms with Crippen molar-refractivity contribution in [3.63, 3.8) is 0 Å². The third-order valence-electron chi connectivity index (χ3n) is 6.05. The van der Waals surface area contributed by atoms with Crippen molar-refractivity contribution in [1.82, 2.24) is 4.90 Å². The molecule has 0 bridgehead atoms. The van der Waals surface area contributed by atoms with E-state index in [1.54, 1.807) is 0 Å². The van der Waals surface area contributed by atoms with E-state index in [4.69, 9.17) is 4.74 Å². The van der Waals surface area contributed by atoms with E-state index in [1.807, 2.05) is 25.1 Å². The van der Waals surface area contributed by atoms with Gasteiger partial charge in [-0.15, -0.1) is 0 Å². The number of hydrogen-bond acceptors (Lipinski definition) is 3. The number of piperidine rings is 1. The summed E-state index contributed by atoms with van der Waals surface area (Å²) in [4.78, 5) is 14.6. The van der Waals surface area contributed by atoms with Crippen molar-refractivity contribution in [2.45, 2.75) is 31.8 Å². The molecule has 0 saturated carbocycles. The summed E-state index contributed by atoms with van der Waals surface area (Å²) in [6.07, 6.45) is 6.52. The zero-order valence-electron chi connectivity index (χ0n) is 17.6. The molecule has 0 unspecified atom stereocenters. The number of rotatable bonds is 6. The highest BCUT2D eigenvalue weighted by atomic mass is 16.6. The SMILES string of the molecule is CCC(=O)OC1(c2ccccc2)CCN(C/C=C/c2cccc3ccccc23)CC1. The fraction of sp³-hybridized carbons (Fsp3) is 0.296. The summed E-state index contributed by atoms with van der Waals surface area (Å²) in [5.41, 5.74) is 1.86. The molecular weight excluding hydrogens is 370 g/mol. The van der Waals surface area contributed by atoms with E-state index in [-0.39, 0.29) is 5.97 Å². The largest absolute Gasteiger partial charge is 0.454 e. The van der Waals surface area contributed by atoms with Crippen molar-refractivity contribution in [2.75, 3.05) is 19.6 Å². The Hall–Kier alpha value is -2.91. The van der Waals surface area contributed by atoms with Crippen LogP contribution < -0.4 is 0 Å². The van der Waals surface area contributed by atoms with Gasteiger partial charge in [0.1, 0.15) is 5.60 Å². The minimum atomic E-state index is -0.496. The van der Waals surface area contributed by atoms with Gasteiger partial charge < -0.3 is 4.74 Å². The lowest BCUT2D eigenvalue weighted by Gasteiger charge is -2.41. The van der Waals surface area contributed by atoms with E-state index in [1.165, 1.54) is 16.3 Å². The zero-order valence-corrected chi connectivity index (χ0v) is 17.6. The minimum Gasteiger partial charge on any atom is -0.454 e. The van der Waals surface area contributed by atoms with Crippen molar-refractivity contribution < 1.29 is 9.53 Å². The molecule has 0 aromatic heterocycles. The number of carbonyl (C=O) groups excluding carboxylic acids is 1. The first-order chi connectivity index (χ1) is 14.7. The third kappa shape index (κ3) is 4.47. The van der Waals surface area contributed by atoms with Gasteiger partial charge in [-0.1, -0.05) is 91.9 Å². The minimum absolute atomic E-state index is 0.122. The monoisotopic (exact) mass is 399 g/mol. The van der Waals surface area contributed by atoms with Crippen molar-refractivity contribution in [3.05, 3.63) is 90.0 Å². The smallest absolute Gasteiger partial charge is 0.306 e. The Balaban J connectivity index is 1.43. The number of carbonyl (C=O) groups is 1. The second-order valence-electron chi connectivity index (χ2n) is 7.96. The molecule has 0 amide bonds. The molecule has 0 aliphatic carbocycles. The number of likely N-dealkylation sites (tertiary alicyclic amines) is 1. The van der Waals surface area contributed by atoms with Crippen LogP contribution in [-0.2, 0) is 15.1 Å². The first kappa shape index (κ1) is 20.4. The molecule has 3 heteroatoms. The molecule has 3 aromatic rings. The van der Waals surface area contributed by atoms with Gasteiger partial charge in [0, 0.05) is 38.9 Å².